The molecule has 0 unspecified atom stereocenters. The Morgan fingerprint density at radius 3 is 1.22 bits per heavy atom. The molecule has 0 aromatic heterocycles. The molecule has 2 rings (SSSR count). The summed E-state index contributed by atoms with van der Waals surface area (Å²) in [4.78, 5) is 47.3. The molecule has 41 heavy (non-hydrogen) atoms. The van der Waals surface area contributed by atoms with Crippen molar-refractivity contribution in [2.45, 2.75) is 84.8 Å². The maximum Gasteiger partial charge on any atom is 0.514 e. The highest BCUT2D eigenvalue weighted by Crippen LogP contribution is 2.17. The van der Waals surface area contributed by atoms with Crippen molar-refractivity contribution in [2.24, 2.45) is 0 Å². The molecule has 0 fully saturated rings. The predicted molar refractivity (Wildman–Crippen MR) is 150 cm³/mol. The average molecular weight is 573 g/mol. The first-order chi connectivity index (χ1) is 19.2. The number of carbonyl (C=O) groups excluding carboxylic acids is 4. The molecule has 0 N–H and O–H groups in total. The van der Waals surface area contributed by atoms with E-state index < -0.39 is 41.9 Å². The van der Waals surface area contributed by atoms with Gasteiger partial charge < -0.3 is 28.4 Å². The molecule has 0 aliphatic heterocycles. The van der Waals surface area contributed by atoms with Crippen molar-refractivity contribution in [3.05, 3.63) is 59.7 Å². The van der Waals surface area contributed by atoms with E-state index in [0.717, 1.165) is 11.1 Å². The lowest BCUT2D eigenvalue weighted by atomic mass is 10.1. The lowest BCUT2D eigenvalue weighted by molar-refractivity contribution is -0.154. The summed E-state index contributed by atoms with van der Waals surface area (Å²) >= 11 is 0. The van der Waals surface area contributed by atoms with Crippen molar-refractivity contribution in [3.63, 3.8) is 0 Å². The molecule has 2 aromatic rings. The highest BCUT2D eigenvalue weighted by Gasteiger charge is 2.19. The van der Waals surface area contributed by atoms with E-state index in [1.165, 1.54) is 0 Å². The summed E-state index contributed by atoms with van der Waals surface area (Å²) in [7, 11) is 0. The van der Waals surface area contributed by atoms with E-state index in [0.29, 0.717) is 37.2 Å². The van der Waals surface area contributed by atoms with Crippen molar-refractivity contribution in [1.29, 1.82) is 0 Å². The lowest BCUT2D eigenvalue weighted by Crippen LogP contribution is -2.25. The van der Waals surface area contributed by atoms with Gasteiger partial charge in [-0.2, -0.15) is 0 Å². The molecule has 224 valence electrons. The van der Waals surface area contributed by atoms with E-state index >= 15 is 0 Å². The maximum absolute atomic E-state index is 11.9. The molecule has 0 amide bonds. The standard InChI is InChI=1S/C31H40O10/c1-30(2,3)40-28(34)38-24-15-11-22(12-16-24)9-7-19-36-26(32)21-27(33)37-20-8-10-23-13-17-25(18-14-23)39-29(35)41-31(4,5)6/h11-18H,7-10,19-21H2,1-6H3. The number of benzene rings is 2. The number of ether oxygens (including phenoxy) is 6. The molecule has 0 heterocycles. The molecular weight excluding hydrogens is 532 g/mol. The Hall–Kier alpha value is -4.08. The molecule has 0 atom stereocenters. The fourth-order valence-electron chi connectivity index (χ4n) is 3.33. The van der Waals surface area contributed by atoms with Crippen LogP contribution in [0.3, 0.4) is 0 Å². The molecule has 0 bridgehead atoms. The van der Waals surface area contributed by atoms with Gasteiger partial charge >= 0.3 is 24.2 Å². The number of rotatable bonds is 12. The Labute approximate surface area is 241 Å². The largest absolute Gasteiger partial charge is 0.514 e. The topological polar surface area (TPSA) is 124 Å². The number of hydrogen-bond acceptors (Lipinski definition) is 10. The third-order valence-electron chi connectivity index (χ3n) is 5.06. The molecule has 0 aliphatic rings. The van der Waals surface area contributed by atoms with Gasteiger partial charge in [-0.15, -0.1) is 0 Å². The zero-order valence-electron chi connectivity index (χ0n) is 24.7. The van der Waals surface area contributed by atoms with Crippen LogP contribution in [-0.2, 0) is 41.4 Å². The number of carbonyl (C=O) groups is 4. The summed E-state index contributed by atoms with van der Waals surface area (Å²) in [5.41, 5.74) is 0.676. The van der Waals surface area contributed by atoms with Crippen molar-refractivity contribution >= 4 is 24.2 Å². The van der Waals surface area contributed by atoms with E-state index in [1.54, 1.807) is 65.8 Å². The van der Waals surface area contributed by atoms with E-state index in [4.69, 9.17) is 28.4 Å². The Morgan fingerprint density at radius 1 is 0.561 bits per heavy atom. The quantitative estimate of drug-likeness (QED) is 0.0933. The van der Waals surface area contributed by atoms with Crippen LogP contribution in [0.2, 0.25) is 0 Å². The summed E-state index contributed by atoms with van der Waals surface area (Å²) in [6.45, 7) is 10.9. The van der Waals surface area contributed by atoms with Gasteiger partial charge in [0.05, 0.1) is 13.2 Å². The number of aryl methyl sites for hydroxylation is 2. The van der Waals surface area contributed by atoms with Gasteiger partial charge in [0.15, 0.2) is 0 Å². The minimum atomic E-state index is -0.769. The van der Waals surface area contributed by atoms with Gasteiger partial charge in [0, 0.05) is 0 Å². The second-order valence-corrected chi connectivity index (χ2v) is 11.2. The van der Waals surface area contributed by atoms with Crippen LogP contribution >= 0.6 is 0 Å². The molecule has 0 saturated heterocycles. The SMILES string of the molecule is CC(C)(C)OC(=O)Oc1ccc(CCCOC(=O)CC(=O)OCCCc2ccc(OC(=O)OC(C)(C)C)cc2)cc1. The van der Waals surface area contributed by atoms with Crippen LogP contribution < -0.4 is 9.47 Å². The third-order valence-corrected chi connectivity index (χ3v) is 5.06. The first kappa shape index (κ1) is 33.1. The lowest BCUT2D eigenvalue weighted by Gasteiger charge is -2.18. The van der Waals surface area contributed by atoms with Gasteiger partial charge in [0.1, 0.15) is 29.1 Å². The van der Waals surface area contributed by atoms with E-state index in [2.05, 4.69) is 0 Å². The minimum Gasteiger partial charge on any atom is -0.465 e. The first-order valence-electron chi connectivity index (χ1n) is 13.5. The minimum absolute atomic E-state index is 0.163. The van der Waals surface area contributed by atoms with Crippen molar-refractivity contribution in [3.8, 4) is 11.5 Å². The van der Waals surface area contributed by atoms with Crippen molar-refractivity contribution in [1.82, 2.24) is 0 Å². The van der Waals surface area contributed by atoms with Gasteiger partial charge in [-0.05, 0) is 103 Å². The van der Waals surface area contributed by atoms with Crippen molar-refractivity contribution in [2.75, 3.05) is 13.2 Å². The molecule has 2 aromatic carbocycles. The van der Waals surface area contributed by atoms with Gasteiger partial charge in [-0.3, -0.25) is 9.59 Å². The van der Waals surface area contributed by atoms with Crippen LogP contribution in [0.1, 0.15) is 71.9 Å². The van der Waals surface area contributed by atoms with E-state index in [9.17, 15) is 19.2 Å². The Balaban J connectivity index is 1.56. The molecule has 0 spiro atoms. The summed E-state index contributed by atoms with van der Waals surface area (Å²) in [6.07, 6.45) is 0.414. The van der Waals surface area contributed by atoms with Crippen LogP contribution in [0.5, 0.6) is 11.5 Å². The summed E-state index contributed by atoms with van der Waals surface area (Å²) in [6, 6.07) is 13.9. The highest BCUT2D eigenvalue weighted by molar-refractivity contribution is 5.91. The maximum atomic E-state index is 11.9. The van der Waals surface area contributed by atoms with E-state index in [1.807, 2.05) is 24.3 Å². The molecule has 0 saturated carbocycles. The van der Waals surface area contributed by atoms with Crippen LogP contribution in [-0.4, -0.2) is 48.7 Å². The summed E-state index contributed by atoms with van der Waals surface area (Å²) < 4.78 is 30.7. The van der Waals surface area contributed by atoms with Crippen LogP contribution in [0.25, 0.3) is 0 Å². The Morgan fingerprint density at radius 2 is 0.902 bits per heavy atom. The van der Waals surface area contributed by atoms with Gasteiger partial charge in [-0.25, -0.2) is 9.59 Å². The summed E-state index contributed by atoms with van der Waals surface area (Å²) in [5.74, 6) is -0.542. The van der Waals surface area contributed by atoms with Crippen molar-refractivity contribution < 1.29 is 47.6 Å². The van der Waals surface area contributed by atoms with Gasteiger partial charge in [-0.1, -0.05) is 24.3 Å². The van der Waals surface area contributed by atoms with E-state index in [-0.39, 0.29) is 13.2 Å². The first-order valence-corrected chi connectivity index (χ1v) is 13.5. The number of hydrogen-bond donors (Lipinski definition) is 0. The average Bonchev–Trinajstić information content (AvgIpc) is 2.84. The summed E-state index contributed by atoms with van der Waals surface area (Å²) in [5, 5.41) is 0. The molecule has 10 heteroatoms. The second kappa shape index (κ2) is 15.6. The Kier molecular flexibility index (Phi) is 12.6. The molecule has 10 nitrogen and oxygen atoms in total. The highest BCUT2D eigenvalue weighted by atomic mass is 16.7. The van der Waals surface area contributed by atoms with Gasteiger partial charge in [0.25, 0.3) is 0 Å². The van der Waals surface area contributed by atoms with Crippen LogP contribution in [0.4, 0.5) is 9.59 Å². The third kappa shape index (κ3) is 15.3. The van der Waals surface area contributed by atoms with Crippen LogP contribution in [0.15, 0.2) is 48.5 Å². The Bertz CT molecular complexity index is 1050. The van der Waals surface area contributed by atoms with Crippen LogP contribution in [0, 0.1) is 0 Å². The second-order valence-electron chi connectivity index (χ2n) is 11.2. The van der Waals surface area contributed by atoms with Gasteiger partial charge in [0.2, 0.25) is 0 Å². The number of esters is 2. The fraction of sp³-hybridized carbons (Fsp3) is 0.484. The molecule has 0 radical (unpaired) electrons. The fourth-order valence-corrected chi connectivity index (χ4v) is 3.33. The zero-order valence-corrected chi connectivity index (χ0v) is 24.7. The predicted octanol–water partition coefficient (Wildman–Crippen LogP) is 6.36. The monoisotopic (exact) mass is 572 g/mol. The smallest absolute Gasteiger partial charge is 0.465 e. The molecular formula is C31H40O10. The molecule has 0 aliphatic carbocycles. The zero-order chi connectivity index (χ0) is 30.5. The normalized spacial score (nSPS) is 11.3.